The fraction of sp³-hybridized carbons (Fsp3) is 0.500. The maximum Gasteiger partial charge on any atom is 0.274 e. The highest BCUT2D eigenvalue weighted by Crippen LogP contribution is 2.19. The molecule has 1 aromatic carbocycles. The van der Waals surface area contributed by atoms with E-state index in [4.69, 9.17) is 0 Å². The number of rotatable bonds is 7. The van der Waals surface area contributed by atoms with E-state index in [1.807, 2.05) is 13.2 Å². The van der Waals surface area contributed by atoms with Gasteiger partial charge in [0.1, 0.15) is 5.82 Å². The van der Waals surface area contributed by atoms with Crippen LogP contribution in [0.4, 0.5) is 10.1 Å². The van der Waals surface area contributed by atoms with Crippen LogP contribution in [0.15, 0.2) is 18.2 Å². The maximum atomic E-state index is 13.1. The third-order valence-corrected chi connectivity index (χ3v) is 3.28. The minimum Gasteiger partial charge on any atom is -0.310 e. The number of nitro benzene ring substituents is 1. The second-order valence-corrected chi connectivity index (χ2v) is 5.08. The topological polar surface area (TPSA) is 55.2 Å². The van der Waals surface area contributed by atoms with Crippen molar-refractivity contribution in [2.75, 3.05) is 12.0 Å². The van der Waals surface area contributed by atoms with Crippen molar-refractivity contribution in [1.82, 2.24) is 5.32 Å². The van der Waals surface area contributed by atoms with E-state index in [0.29, 0.717) is 12.1 Å². The zero-order valence-corrected chi connectivity index (χ0v) is 11.3. The molecule has 0 saturated heterocycles. The van der Waals surface area contributed by atoms with Gasteiger partial charge >= 0.3 is 0 Å². The largest absolute Gasteiger partial charge is 0.310 e. The van der Waals surface area contributed by atoms with Gasteiger partial charge in [0.25, 0.3) is 5.69 Å². The molecule has 1 N–H and O–H groups in total. The standard InChI is InChI=1S/C12H17FN2O2S/c1-9(5-6-18-2)14-8-10-7-11(13)3-4-12(10)15(16)17/h3-4,7,9,14H,5-6,8H2,1-2H3. The first-order valence-corrected chi connectivity index (χ1v) is 7.09. The van der Waals surface area contributed by atoms with Crippen LogP contribution < -0.4 is 5.32 Å². The Morgan fingerprint density at radius 3 is 2.89 bits per heavy atom. The van der Waals surface area contributed by atoms with Crippen molar-refractivity contribution in [2.24, 2.45) is 0 Å². The molecule has 0 aliphatic rings. The van der Waals surface area contributed by atoms with Gasteiger partial charge in [0, 0.05) is 24.2 Å². The molecular weight excluding hydrogens is 255 g/mol. The Morgan fingerprint density at radius 1 is 1.56 bits per heavy atom. The van der Waals surface area contributed by atoms with Gasteiger partial charge in [-0.2, -0.15) is 11.8 Å². The number of thioether (sulfide) groups is 1. The summed E-state index contributed by atoms with van der Waals surface area (Å²) in [5.74, 6) is 0.577. The predicted molar refractivity (Wildman–Crippen MR) is 72.4 cm³/mol. The van der Waals surface area contributed by atoms with Gasteiger partial charge in [-0.1, -0.05) is 0 Å². The van der Waals surface area contributed by atoms with Crippen molar-refractivity contribution in [3.05, 3.63) is 39.7 Å². The third-order valence-electron chi connectivity index (χ3n) is 2.63. The summed E-state index contributed by atoms with van der Waals surface area (Å²) in [5, 5.41) is 14.0. The molecule has 0 aliphatic carbocycles. The Labute approximate surface area is 110 Å². The Bertz CT molecular complexity index is 415. The lowest BCUT2D eigenvalue weighted by atomic mass is 10.1. The van der Waals surface area contributed by atoms with Crippen molar-refractivity contribution in [3.63, 3.8) is 0 Å². The van der Waals surface area contributed by atoms with Crippen LogP contribution in [-0.4, -0.2) is 23.0 Å². The minimum atomic E-state index is -0.483. The molecule has 0 aliphatic heterocycles. The van der Waals surface area contributed by atoms with Crippen molar-refractivity contribution < 1.29 is 9.31 Å². The molecule has 1 atom stereocenters. The smallest absolute Gasteiger partial charge is 0.274 e. The van der Waals surface area contributed by atoms with Crippen LogP contribution in [0.1, 0.15) is 18.9 Å². The Hall–Kier alpha value is -1.14. The molecular formula is C12H17FN2O2S. The number of halogens is 1. The van der Waals surface area contributed by atoms with Gasteiger partial charge in [-0.3, -0.25) is 10.1 Å². The Balaban J connectivity index is 2.65. The van der Waals surface area contributed by atoms with E-state index in [-0.39, 0.29) is 11.7 Å². The fourth-order valence-electron chi connectivity index (χ4n) is 1.55. The van der Waals surface area contributed by atoms with E-state index < -0.39 is 10.7 Å². The van der Waals surface area contributed by atoms with Gasteiger partial charge in [0.15, 0.2) is 0 Å². The first kappa shape index (κ1) is 14.9. The molecule has 0 heterocycles. The van der Waals surface area contributed by atoms with Gasteiger partial charge in [0.2, 0.25) is 0 Å². The first-order valence-electron chi connectivity index (χ1n) is 5.69. The molecule has 0 fully saturated rings. The molecule has 1 rings (SSSR count). The lowest BCUT2D eigenvalue weighted by Crippen LogP contribution is -2.26. The lowest BCUT2D eigenvalue weighted by Gasteiger charge is -2.13. The number of nitrogens with zero attached hydrogens (tertiary/aromatic N) is 1. The highest BCUT2D eigenvalue weighted by atomic mass is 32.2. The highest BCUT2D eigenvalue weighted by molar-refractivity contribution is 7.98. The van der Waals surface area contributed by atoms with Crippen molar-refractivity contribution >= 4 is 17.4 Å². The monoisotopic (exact) mass is 272 g/mol. The number of hydrogen-bond donors (Lipinski definition) is 1. The van der Waals surface area contributed by atoms with E-state index in [9.17, 15) is 14.5 Å². The van der Waals surface area contributed by atoms with Gasteiger partial charge < -0.3 is 5.32 Å². The SMILES string of the molecule is CSCCC(C)NCc1cc(F)ccc1[N+](=O)[O-]. The summed E-state index contributed by atoms with van der Waals surface area (Å²) in [6.07, 6.45) is 3.01. The summed E-state index contributed by atoms with van der Waals surface area (Å²) in [6, 6.07) is 3.78. The van der Waals surface area contributed by atoms with E-state index >= 15 is 0 Å². The number of nitro groups is 1. The summed E-state index contributed by atoms with van der Waals surface area (Å²) < 4.78 is 13.1. The van der Waals surface area contributed by atoms with Crippen molar-refractivity contribution in [2.45, 2.75) is 25.9 Å². The molecule has 0 aromatic heterocycles. The molecule has 1 unspecified atom stereocenters. The van der Waals surface area contributed by atoms with Crippen LogP contribution in [0.3, 0.4) is 0 Å². The predicted octanol–water partition coefficient (Wildman–Crippen LogP) is 2.97. The lowest BCUT2D eigenvalue weighted by molar-refractivity contribution is -0.385. The van der Waals surface area contributed by atoms with Crippen LogP contribution in [0, 0.1) is 15.9 Å². The molecule has 0 spiro atoms. The summed E-state index contributed by atoms with van der Waals surface area (Å²) in [5.41, 5.74) is 0.344. The number of benzene rings is 1. The highest BCUT2D eigenvalue weighted by Gasteiger charge is 2.14. The van der Waals surface area contributed by atoms with Crippen LogP contribution in [0.25, 0.3) is 0 Å². The van der Waals surface area contributed by atoms with Crippen LogP contribution in [0.2, 0.25) is 0 Å². The van der Waals surface area contributed by atoms with Gasteiger partial charge in [-0.25, -0.2) is 4.39 Å². The van der Waals surface area contributed by atoms with Gasteiger partial charge in [-0.15, -0.1) is 0 Å². The van der Waals surface area contributed by atoms with Crippen LogP contribution >= 0.6 is 11.8 Å². The van der Waals surface area contributed by atoms with E-state index in [1.165, 1.54) is 12.1 Å². The molecule has 18 heavy (non-hydrogen) atoms. The first-order chi connectivity index (χ1) is 8.54. The fourth-order valence-corrected chi connectivity index (χ4v) is 2.14. The van der Waals surface area contributed by atoms with E-state index in [0.717, 1.165) is 18.2 Å². The molecule has 4 nitrogen and oxygen atoms in total. The molecule has 0 amide bonds. The van der Waals surface area contributed by atoms with Gasteiger partial charge in [-0.05, 0) is 37.5 Å². The zero-order chi connectivity index (χ0) is 13.5. The normalized spacial score (nSPS) is 12.4. The number of nitrogens with one attached hydrogen (secondary N) is 1. The van der Waals surface area contributed by atoms with E-state index in [2.05, 4.69) is 5.32 Å². The molecule has 100 valence electrons. The number of hydrogen-bond acceptors (Lipinski definition) is 4. The Morgan fingerprint density at radius 2 is 2.28 bits per heavy atom. The second-order valence-electron chi connectivity index (χ2n) is 4.09. The second kappa shape index (κ2) is 7.33. The molecule has 6 heteroatoms. The average Bonchev–Trinajstić information content (AvgIpc) is 2.33. The molecule has 0 bridgehead atoms. The van der Waals surface area contributed by atoms with Crippen LogP contribution in [-0.2, 0) is 6.54 Å². The van der Waals surface area contributed by atoms with Crippen LogP contribution in [0.5, 0.6) is 0 Å². The third kappa shape index (κ3) is 4.62. The molecule has 0 saturated carbocycles. The Kier molecular flexibility index (Phi) is 6.07. The summed E-state index contributed by atoms with van der Waals surface area (Å²) in [7, 11) is 0. The van der Waals surface area contributed by atoms with Gasteiger partial charge in [0.05, 0.1) is 4.92 Å². The van der Waals surface area contributed by atoms with Crippen molar-refractivity contribution in [1.29, 1.82) is 0 Å². The minimum absolute atomic E-state index is 0.0408. The maximum absolute atomic E-state index is 13.1. The summed E-state index contributed by atoms with van der Waals surface area (Å²) in [4.78, 5) is 10.3. The summed E-state index contributed by atoms with van der Waals surface area (Å²) in [6.45, 7) is 2.32. The average molecular weight is 272 g/mol. The van der Waals surface area contributed by atoms with Crippen molar-refractivity contribution in [3.8, 4) is 0 Å². The quantitative estimate of drug-likeness (QED) is 0.612. The zero-order valence-electron chi connectivity index (χ0n) is 10.5. The molecule has 0 radical (unpaired) electrons. The summed E-state index contributed by atoms with van der Waals surface area (Å²) >= 11 is 1.75. The molecule has 1 aromatic rings. The van der Waals surface area contributed by atoms with E-state index in [1.54, 1.807) is 11.8 Å².